The minimum absolute atomic E-state index is 0.0970. The topological polar surface area (TPSA) is 222 Å². The van der Waals surface area contributed by atoms with E-state index < -0.39 is 76.9 Å². The fourth-order valence-corrected chi connectivity index (χ4v) is 6.83. The van der Waals surface area contributed by atoms with Gasteiger partial charge in [-0.25, -0.2) is 8.42 Å². The number of aromatic hydroxyl groups is 1. The van der Waals surface area contributed by atoms with Crippen molar-refractivity contribution in [2.75, 3.05) is 12.5 Å². The SMILES string of the molecule is CC(=Cc1ccc(O[C@@H]2O[C@H](C(C)=CCS(=O)(=O)c3ccccc3)[C@@H](O)[C@@H]2O)c(O)c1)C(=O)N[C@@H]1[C@H](O)[C@@H](O)[C@H]2OCO[C@H]2[C@@H]1O. The summed E-state index contributed by atoms with van der Waals surface area (Å²) in [6, 6.07) is 10.8. The second-order valence-corrected chi connectivity index (χ2v) is 13.5. The van der Waals surface area contributed by atoms with E-state index in [1.165, 1.54) is 49.4 Å². The second kappa shape index (κ2) is 13.8. The molecular weight excluding hydrogens is 626 g/mol. The standard InChI is InChI=1S/C31H37NO13S/c1-15(10-11-46(40,41)18-6-4-3-5-7-18)27-25(37)26(38)31(45-27)44-20-9-8-17(13-19(20)33)12-16(2)30(39)32-21-22(34)24(36)29-28(23(21)35)42-14-43-29/h3-10,12-13,21-29,31,33-38H,11,14H2,1-2H3,(H,32,39)/t21-,22+,23-,24-,25+,26+,27-,28+,29-,31-/m1/s1. The summed E-state index contributed by atoms with van der Waals surface area (Å²) in [5.74, 6) is -1.48. The molecule has 1 amide bonds. The predicted molar refractivity (Wildman–Crippen MR) is 160 cm³/mol. The first-order chi connectivity index (χ1) is 21.8. The van der Waals surface area contributed by atoms with Gasteiger partial charge in [0.2, 0.25) is 12.2 Å². The van der Waals surface area contributed by atoms with Crippen LogP contribution >= 0.6 is 0 Å². The van der Waals surface area contributed by atoms with Crippen LogP contribution in [-0.4, -0.2) is 119 Å². The Hall–Kier alpha value is -3.38. The van der Waals surface area contributed by atoms with Crippen molar-refractivity contribution >= 4 is 21.8 Å². The summed E-state index contributed by atoms with van der Waals surface area (Å²) in [5.41, 5.74) is 0.881. The highest BCUT2D eigenvalue weighted by Crippen LogP contribution is 2.34. The molecule has 15 heteroatoms. The third-order valence-corrected chi connectivity index (χ3v) is 9.86. The van der Waals surface area contributed by atoms with Gasteiger partial charge < -0.3 is 54.9 Å². The monoisotopic (exact) mass is 663 g/mol. The Morgan fingerprint density at radius 2 is 1.61 bits per heavy atom. The lowest BCUT2D eigenvalue weighted by Gasteiger charge is -2.41. The summed E-state index contributed by atoms with van der Waals surface area (Å²) >= 11 is 0. The molecule has 14 nitrogen and oxygen atoms in total. The number of carbonyl (C=O) groups excluding carboxylic acids is 1. The van der Waals surface area contributed by atoms with Crippen LogP contribution < -0.4 is 10.1 Å². The van der Waals surface area contributed by atoms with Gasteiger partial charge in [0, 0.05) is 5.57 Å². The number of carbonyl (C=O) groups is 1. The number of amides is 1. The first-order valence-electron chi connectivity index (χ1n) is 14.5. The van der Waals surface area contributed by atoms with Crippen LogP contribution in [0.2, 0.25) is 0 Å². The molecular formula is C31H37NO13S. The van der Waals surface area contributed by atoms with Gasteiger partial charge in [-0.2, -0.15) is 0 Å². The highest BCUT2D eigenvalue weighted by atomic mass is 32.2. The Morgan fingerprint density at radius 1 is 0.935 bits per heavy atom. The van der Waals surface area contributed by atoms with Gasteiger partial charge in [0.15, 0.2) is 21.3 Å². The normalized spacial score (nSPS) is 33.5. The van der Waals surface area contributed by atoms with Crippen molar-refractivity contribution in [3.63, 3.8) is 0 Å². The van der Waals surface area contributed by atoms with Crippen LogP contribution in [0.15, 0.2) is 70.6 Å². The van der Waals surface area contributed by atoms with Gasteiger partial charge in [0.05, 0.1) is 16.7 Å². The quantitative estimate of drug-likeness (QED) is 0.131. The molecule has 3 aliphatic rings. The number of ether oxygens (including phenoxy) is 4. The van der Waals surface area contributed by atoms with Crippen molar-refractivity contribution in [2.24, 2.45) is 0 Å². The first-order valence-corrected chi connectivity index (χ1v) is 16.2. The smallest absolute Gasteiger partial charge is 0.247 e. The van der Waals surface area contributed by atoms with Crippen LogP contribution in [0.1, 0.15) is 19.4 Å². The highest BCUT2D eigenvalue weighted by Gasteiger charge is 2.53. The predicted octanol–water partition coefficient (Wildman–Crippen LogP) is -0.636. The molecule has 0 aromatic heterocycles. The molecule has 2 aromatic rings. The van der Waals surface area contributed by atoms with Crippen LogP contribution in [0.3, 0.4) is 0 Å². The molecule has 250 valence electrons. The van der Waals surface area contributed by atoms with Gasteiger partial charge in [-0.1, -0.05) is 30.3 Å². The second-order valence-electron chi connectivity index (χ2n) is 11.5. The van der Waals surface area contributed by atoms with E-state index in [-0.39, 0.29) is 34.5 Å². The molecule has 2 saturated heterocycles. The molecule has 3 fully saturated rings. The maximum Gasteiger partial charge on any atom is 0.247 e. The third-order valence-electron chi connectivity index (χ3n) is 8.26. The van der Waals surface area contributed by atoms with Crippen LogP contribution in [0, 0.1) is 0 Å². The van der Waals surface area contributed by atoms with E-state index in [0.717, 1.165) is 0 Å². The molecule has 2 heterocycles. The molecule has 0 radical (unpaired) electrons. The van der Waals surface area contributed by atoms with Gasteiger partial charge in [-0.15, -0.1) is 0 Å². The van der Waals surface area contributed by atoms with Crippen molar-refractivity contribution in [1.29, 1.82) is 0 Å². The van der Waals surface area contributed by atoms with E-state index in [9.17, 15) is 43.9 Å². The summed E-state index contributed by atoms with van der Waals surface area (Å²) in [4.78, 5) is 13.0. The third kappa shape index (κ3) is 6.97. The van der Waals surface area contributed by atoms with E-state index in [1.54, 1.807) is 25.1 Å². The minimum Gasteiger partial charge on any atom is -0.504 e. The van der Waals surface area contributed by atoms with Gasteiger partial charge in [-0.05, 0) is 55.3 Å². The molecule has 10 atom stereocenters. The number of phenols is 1. The van der Waals surface area contributed by atoms with Crippen molar-refractivity contribution in [3.05, 3.63) is 71.3 Å². The van der Waals surface area contributed by atoms with Crippen molar-refractivity contribution in [2.45, 2.75) is 79.9 Å². The molecule has 7 N–H and O–H groups in total. The maximum absolute atomic E-state index is 12.9. The number of aliphatic hydroxyl groups excluding tert-OH is 5. The first kappa shape index (κ1) is 34.0. The number of phenolic OH excluding ortho intramolecular Hbond substituents is 1. The van der Waals surface area contributed by atoms with Gasteiger partial charge in [0.1, 0.15) is 55.6 Å². The van der Waals surface area contributed by atoms with E-state index in [0.29, 0.717) is 11.1 Å². The zero-order valence-corrected chi connectivity index (χ0v) is 25.7. The number of aliphatic hydroxyl groups is 5. The lowest BCUT2D eigenvalue weighted by molar-refractivity contribution is -0.155. The highest BCUT2D eigenvalue weighted by molar-refractivity contribution is 7.91. The number of rotatable bonds is 9. The fraction of sp³-hybridized carbons (Fsp3) is 0.452. The molecule has 1 saturated carbocycles. The van der Waals surface area contributed by atoms with Crippen LogP contribution in [0.4, 0.5) is 0 Å². The summed E-state index contributed by atoms with van der Waals surface area (Å²) in [6.07, 6.45) is -8.69. The number of benzene rings is 2. The number of hydrogen-bond donors (Lipinski definition) is 7. The van der Waals surface area contributed by atoms with Crippen molar-refractivity contribution < 1.29 is 62.8 Å². The number of fused-ring (bicyclic) bond motifs is 1. The molecule has 2 aromatic carbocycles. The Labute approximate surface area is 265 Å². The van der Waals surface area contributed by atoms with Crippen molar-refractivity contribution in [3.8, 4) is 11.5 Å². The minimum atomic E-state index is -3.63. The molecule has 1 aliphatic carbocycles. The average Bonchev–Trinajstić information content (AvgIpc) is 3.64. The van der Waals surface area contributed by atoms with Gasteiger partial charge in [-0.3, -0.25) is 4.79 Å². The van der Waals surface area contributed by atoms with E-state index >= 15 is 0 Å². The molecule has 5 rings (SSSR count). The Bertz CT molecular complexity index is 1580. The zero-order valence-electron chi connectivity index (χ0n) is 24.9. The molecule has 0 bridgehead atoms. The lowest BCUT2D eigenvalue weighted by atomic mass is 9.83. The Morgan fingerprint density at radius 3 is 2.28 bits per heavy atom. The van der Waals surface area contributed by atoms with Crippen LogP contribution in [0.25, 0.3) is 6.08 Å². The van der Waals surface area contributed by atoms with E-state index in [2.05, 4.69) is 5.32 Å². The average molecular weight is 664 g/mol. The fourth-order valence-electron chi connectivity index (χ4n) is 5.59. The molecule has 2 aliphatic heterocycles. The van der Waals surface area contributed by atoms with Crippen LogP contribution in [0.5, 0.6) is 11.5 Å². The van der Waals surface area contributed by atoms with Gasteiger partial charge >= 0.3 is 0 Å². The molecule has 0 spiro atoms. The van der Waals surface area contributed by atoms with E-state index in [4.69, 9.17) is 18.9 Å². The van der Waals surface area contributed by atoms with Gasteiger partial charge in [0.25, 0.3) is 0 Å². The number of hydrogen-bond acceptors (Lipinski definition) is 13. The maximum atomic E-state index is 12.9. The number of sulfone groups is 1. The summed E-state index contributed by atoms with van der Waals surface area (Å²) < 4.78 is 47.1. The van der Waals surface area contributed by atoms with E-state index in [1.807, 2.05) is 0 Å². The Balaban J connectivity index is 1.21. The molecule has 46 heavy (non-hydrogen) atoms. The summed E-state index contributed by atoms with van der Waals surface area (Å²) in [5, 5.41) is 65.6. The lowest BCUT2D eigenvalue weighted by Crippen LogP contribution is -2.67. The summed E-state index contributed by atoms with van der Waals surface area (Å²) in [7, 11) is -3.63. The zero-order chi connectivity index (χ0) is 33.3. The van der Waals surface area contributed by atoms with Crippen LogP contribution in [-0.2, 0) is 28.8 Å². The van der Waals surface area contributed by atoms with Crippen molar-refractivity contribution in [1.82, 2.24) is 5.32 Å². The largest absolute Gasteiger partial charge is 0.504 e. The Kier molecular flexibility index (Phi) is 10.2. The number of nitrogens with one attached hydrogen (secondary N) is 1. The summed E-state index contributed by atoms with van der Waals surface area (Å²) in [6.45, 7) is 2.87. The molecule has 0 unspecified atom stereocenters.